The van der Waals surface area contributed by atoms with Gasteiger partial charge in [-0.3, -0.25) is 0 Å². The summed E-state index contributed by atoms with van der Waals surface area (Å²) in [5, 5.41) is 8.46. The largest absolute Gasteiger partial charge is 0.394 e. The van der Waals surface area contributed by atoms with Crippen LogP contribution in [0.5, 0.6) is 0 Å². The second-order valence-corrected chi connectivity index (χ2v) is 3.66. The number of hydrogen-bond acceptors (Lipinski definition) is 6. The zero-order chi connectivity index (χ0) is 14.0. The highest BCUT2D eigenvalue weighted by Gasteiger charge is 1.92. The zero-order valence-corrected chi connectivity index (χ0v) is 11.8. The van der Waals surface area contributed by atoms with Crippen LogP contribution in [0.15, 0.2) is 0 Å². The summed E-state index contributed by atoms with van der Waals surface area (Å²) in [5.74, 6) is 0. The Morgan fingerprint density at radius 3 is 1.37 bits per heavy atom. The summed E-state index contributed by atoms with van der Waals surface area (Å²) in [5.41, 5.74) is 0. The first kappa shape index (κ1) is 18.8. The first-order chi connectivity index (χ1) is 9.41. The first-order valence-corrected chi connectivity index (χ1v) is 6.69. The normalized spacial score (nSPS) is 11.1. The smallest absolute Gasteiger partial charge is 0.0701 e. The van der Waals surface area contributed by atoms with E-state index in [9.17, 15) is 0 Å². The maximum absolute atomic E-state index is 8.46. The average molecular weight is 279 g/mol. The maximum Gasteiger partial charge on any atom is 0.0701 e. The number of ether oxygens (including phenoxy) is 5. The van der Waals surface area contributed by atoms with Crippen LogP contribution in [0.3, 0.4) is 0 Å². The van der Waals surface area contributed by atoms with Gasteiger partial charge in [0.1, 0.15) is 0 Å². The van der Waals surface area contributed by atoms with Gasteiger partial charge in [0.25, 0.3) is 0 Å². The molecule has 0 bridgehead atoms. The van der Waals surface area contributed by atoms with E-state index >= 15 is 0 Å². The van der Waals surface area contributed by atoms with E-state index in [0.717, 1.165) is 0 Å². The molecule has 0 aliphatic rings. The molecule has 0 aliphatic heterocycles. The molecule has 1 radical (unpaired) electrons. The molecule has 0 unspecified atom stereocenters. The van der Waals surface area contributed by atoms with Crippen LogP contribution in [0, 0.1) is 6.42 Å². The van der Waals surface area contributed by atoms with Gasteiger partial charge in [-0.1, -0.05) is 6.92 Å². The van der Waals surface area contributed by atoms with Gasteiger partial charge in [0.2, 0.25) is 0 Å². The molecular formula is C13H27O6. The molecule has 0 aliphatic carbocycles. The predicted octanol–water partition coefficient (Wildman–Crippen LogP) is 0.286. The van der Waals surface area contributed by atoms with Gasteiger partial charge >= 0.3 is 0 Å². The van der Waals surface area contributed by atoms with Crippen LogP contribution in [-0.4, -0.2) is 77.8 Å². The third-order valence-corrected chi connectivity index (χ3v) is 2.01. The van der Waals surface area contributed by atoms with Crippen molar-refractivity contribution in [2.45, 2.75) is 6.92 Å². The van der Waals surface area contributed by atoms with Crippen LogP contribution < -0.4 is 0 Å². The van der Waals surface area contributed by atoms with Gasteiger partial charge in [-0.05, 0) is 6.42 Å². The van der Waals surface area contributed by atoms with Crippen LogP contribution in [-0.2, 0) is 23.7 Å². The van der Waals surface area contributed by atoms with Crippen LogP contribution in [0.4, 0.5) is 0 Å². The number of aliphatic hydroxyl groups excluding tert-OH is 1. The molecule has 0 saturated carbocycles. The molecule has 0 heterocycles. The lowest BCUT2D eigenvalue weighted by Gasteiger charge is -2.07. The fourth-order valence-corrected chi connectivity index (χ4v) is 1.15. The van der Waals surface area contributed by atoms with Crippen molar-refractivity contribution in [3.8, 4) is 0 Å². The van der Waals surface area contributed by atoms with Crippen molar-refractivity contribution in [3.63, 3.8) is 0 Å². The van der Waals surface area contributed by atoms with E-state index in [0.29, 0.717) is 66.1 Å². The van der Waals surface area contributed by atoms with Gasteiger partial charge in [-0.25, -0.2) is 0 Å². The molecule has 0 rings (SSSR count). The SMILES string of the molecule is C[CH]COCCOCCOCCOCCOCCO. The highest BCUT2D eigenvalue weighted by atomic mass is 16.6. The molecule has 115 valence electrons. The van der Waals surface area contributed by atoms with E-state index < -0.39 is 0 Å². The van der Waals surface area contributed by atoms with E-state index in [1.54, 1.807) is 0 Å². The summed E-state index contributed by atoms with van der Waals surface area (Å²) in [7, 11) is 0. The van der Waals surface area contributed by atoms with Crippen LogP contribution >= 0.6 is 0 Å². The highest BCUT2D eigenvalue weighted by Crippen LogP contribution is 1.84. The van der Waals surface area contributed by atoms with Crippen molar-refractivity contribution in [2.75, 3.05) is 72.7 Å². The zero-order valence-electron chi connectivity index (χ0n) is 11.8. The Balaban J connectivity index is 2.88. The monoisotopic (exact) mass is 279 g/mol. The Morgan fingerprint density at radius 2 is 1.00 bits per heavy atom. The summed E-state index contributed by atoms with van der Waals surface area (Å²) < 4.78 is 26.1. The van der Waals surface area contributed by atoms with Crippen molar-refractivity contribution >= 4 is 0 Å². The van der Waals surface area contributed by atoms with Gasteiger partial charge < -0.3 is 28.8 Å². The second-order valence-electron chi connectivity index (χ2n) is 3.66. The molecule has 0 saturated heterocycles. The Hall–Kier alpha value is -0.240. The molecule has 1 N–H and O–H groups in total. The Labute approximate surface area is 115 Å². The lowest BCUT2D eigenvalue weighted by atomic mass is 10.5. The summed E-state index contributed by atoms with van der Waals surface area (Å²) >= 11 is 0. The van der Waals surface area contributed by atoms with Gasteiger partial charge in [0.15, 0.2) is 0 Å². The summed E-state index contributed by atoms with van der Waals surface area (Å²) in [6.45, 7) is 7.46. The molecule has 6 heteroatoms. The minimum atomic E-state index is 0.0465. The predicted molar refractivity (Wildman–Crippen MR) is 71.2 cm³/mol. The number of aliphatic hydroxyl groups is 1. The minimum absolute atomic E-state index is 0.0465. The van der Waals surface area contributed by atoms with Crippen molar-refractivity contribution in [1.29, 1.82) is 0 Å². The molecule has 0 aromatic carbocycles. The quantitative estimate of drug-likeness (QED) is 0.410. The topological polar surface area (TPSA) is 66.4 Å². The second kappa shape index (κ2) is 17.8. The van der Waals surface area contributed by atoms with Crippen LogP contribution in [0.2, 0.25) is 0 Å². The first-order valence-electron chi connectivity index (χ1n) is 6.69. The van der Waals surface area contributed by atoms with E-state index in [-0.39, 0.29) is 6.61 Å². The van der Waals surface area contributed by atoms with Crippen molar-refractivity contribution in [1.82, 2.24) is 0 Å². The summed E-state index contributed by atoms with van der Waals surface area (Å²) in [6.07, 6.45) is 1.96. The molecule has 0 aromatic rings. The number of rotatable bonds is 16. The molecule has 0 spiro atoms. The Bertz CT molecular complexity index is 140. The molecule has 0 fully saturated rings. The average Bonchev–Trinajstić information content (AvgIpc) is 2.43. The standard InChI is InChI=1S/C13H27O6/c1-2-4-15-6-8-17-10-12-19-13-11-18-9-7-16-5-3-14/h2,14H,3-13H2,1H3. The maximum atomic E-state index is 8.46. The lowest BCUT2D eigenvalue weighted by Crippen LogP contribution is -2.13. The van der Waals surface area contributed by atoms with Crippen LogP contribution in [0.25, 0.3) is 0 Å². The van der Waals surface area contributed by atoms with Crippen molar-refractivity contribution < 1.29 is 28.8 Å². The molecule has 6 nitrogen and oxygen atoms in total. The van der Waals surface area contributed by atoms with E-state index in [2.05, 4.69) is 0 Å². The lowest BCUT2D eigenvalue weighted by molar-refractivity contribution is -0.0122. The molecule has 0 atom stereocenters. The van der Waals surface area contributed by atoms with Gasteiger partial charge in [-0.2, -0.15) is 0 Å². The summed E-state index contributed by atoms with van der Waals surface area (Å²) in [6, 6.07) is 0. The van der Waals surface area contributed by atoms with E-state index in [1.165, 1.54) is 0 Å². The van der Waals surface area contributed by atoms with Gasteiger partial charge in [0, 0.05) is 6.61 Å². The third kappa shape index (κ3) is 17.8. The summed E-state index contributed by atoms with van der Waals surface area (Å²) in [4.78, 5) is 0. The molecule has 19 heavy (non-hydrogen) atoms. The highest BCUT2D eigenvalue weighted by molar-refractivity contribution is 4.50. The van der Waals surface area contributed by atoms with Crippen LogP contribution in [0.1, 0.15) is 6.92 Å². The molecule has 0 amide bonds. The van der Waals surface area contributed by atoms with Gasteiger partial charge in [-0.15, -0.1) is 0 Å². The fourth-order valence-electron chi connectivity index (χ4n) is 1.15. The van der Waals surface area contributed by atoms with E-state index in [4.69, 9.17) is 28.8 Å². The van der Waals surface area contributed by atoms with Crippen molar-refractivity contribution in [2.24, 2.45) is 0 Å². The minimum Gasteiger partial charge on any atom is -0.394 e. The van der Waals surface area contributed by atoms with Crippen molar-refractivity contribution in [3.05, 3.63) is 6.42 Å². The Morgan fingerprint density at radius 1 is 0.632 bits per heavy atom. The fraction of sp³-hybridized carbons (Fsp3) is 0.923. The number of hydrogen-bond donors (Lipinski definition) is 1. The van der Waals surface area contributed by atoms with Gasteiger partial charge in [0.05, 0.1) is 66.1 Å². The molecular weight excluding hydrogens is 252 g/mol. The Kier molecular flexibility index (Phi) is 17.5. The molecule has 0 aromatic heterocycles. The van der Waals surface area contributed by atoms with E-state index in [1.807, 2.05) is 13.3 Å². The third-order valence-electron chi connectivity index (χ3n) is 2.01.